The van der Waals surface area contributed by atoms with E-state index in [0.717, 1.165) is 0 Å². The second-order valence-corrected chi connectivity index (χ2v) is 6.52. The summed E-state index contributed by atoms with van der Waals surface area (Å²) >= 11 is 0. The monoisotopic (exact) mass is 300 g/mol. The molecule has 3 aliphatic heterocycles. The van der Waals surface area contributed by atoms with Crippen LogP contribution in [0.25, 0.3) is 0 Å². The van der Waals surface area contributed by atoms with Crippen LogP contribution in [-0.2, 0) is 28.4 Å². The predicted octanol–water partition coefficient (Wildman–Crippen LogP) is 1.59. The fourth-order valence-electron chi connectivity index (χ4n) is 3.05. The molecule has 0 radical (unpaired) electrons. The molecule has 0 N–H and O–H groups in total. The largest absolute Gasteiger partial charge is 0.368 e. The van der Waals surface area contributed by atoms with Crippen molar-refractivity contribution >= 4 is 0 Å². The summed E-state index contributed by atoms with van der Waals surface area (Å²) in [4.78, 5) is 0. The van der Waals surface area contributed by atoms with Crippen molar-refractivity contribution in [2.24, 2.45) is 0 Å². The maximum Gasteiger partial charge on any atom is 0.190 e. The predicted molar refractivity (Wildman–Crippen MR) is 73.5 cm³/mol. The highest BCUT2D eigenvalue weighted by Crippen LogP contribution is 2.41. The van der Waals surface area contributed by atoms with E-state index in [9.17, 15) is 0 Å². The second kappa shape index (κ2) is 5.30. The van der Waals surface area contributed by atoms with Crippen molar-refractivity contribution in [3.8, 4) is 0 Å². The van der Waals surface area contributed by atoms with E-state index in [0.29, 0.717) is 13.2 Å². The Morgan fingerprint density at radius 3 is 2.48 bits per heavy atom. The van der Waals surface area contributed by atoms with E-state index in [1.54, 1.807) is 6.08 Å². The first kappa shape index (κ1) is 15.4. The van der Waals surface area contributed by atoms with Gasteiger partial charge in [0, 0.05) is 0 Å². The van der Waals surface area contributed by atoms with Gasteiger partial charge in [-0.05, 0) is 27.7 Å². The Kier molecular flexibility index (Phi) is 3.88. The second-order valence-electron chi connectivity index (χ2n) is 6.52. The minimum absolute atomic E-state index is 0.198. The van der Waals surface area contributed by atoms with Gasteiger partial charge in [-0.15, -0.1) is 6.58 Å². The van der Waals surface area contributed by atoms with Crippen LogP contribution in [0, 0.1) is 0 Å². The van der Waals surface area contributed by atoms with E-state index in [1.165, 1.54) is 0 Å². The molecular weight excluding hydrogens is 276 g/mol. The van der Waals surface area contributed by atoms with E-state index >= 15 is 0 Å². The lowest BCUT2D eigenvalue weighted by Crippen LogP contribution is -2.44. The molecule has 120 valence electrons. The van der Waals surface area contributed by atoms with Crippen LogP contribution in [0.3, 0.4) is 0 Å². The van der Waals surface area contributed by atoms with Gasteiger partial charge in [0.05, 0.1) is 13.2 Å². The minimum Gasteiger partial charge on any atom is -0.368 e. The third-order valence-corrected chi connectivity index (χ3v) is 3.83. The molecule has 21 heavy (non-hydrogen) atoms. The van der Waals surface area contributed by atoms with Crippen LogP contribution < -0.4 is 0 Å². The Bertz CT molecular complexity index is 407. The molecule has 0 aromatic rings. The maximum atomic E-state index is 6.00. The molecule has 0 aromatic carbocycles. The van der Waals surface area contributed by atoms with Crippen molar-refractivity contribution in [1.82, 2.24) is 0 Å². The van der Waals surface area contributed by atoms with E-state index in [2.05, 4.69) is 6.58 Å². The molecule has 0 amide bonds. The van der Waals surface area contributed by atoms with Gasteiger partial charge in [0.1, 0.15) is 24.4 Å². The highest BCUT2D eigenvalue weighted by Gasteiger charge is 2.58. The van der Waals surface area contributed by atoms with Crippen LogP contribution >= 0.6 is 0 Å². The summed E-state index contributed by atoms with van der Waals surface area (Å²) in [5, 5.41) is 0. The lowest BCUT2D eigenvalue weighted by atomic mass is 10.1. The molecule has 3 rings (SSSR count). The zero-order chi connectivity index (χ0) is 15.3. The van der Waals surface area contributed by atoms with Gasteiger partial charge in [-0.2, -0.15) is 0 Å². The number of hydrogen-bond acceptors (Lipinski definition) is 6. The third-order valence-electron chi connectivity index (χ3n) is 3.83. The summed E-state index contributed by atoms with van der Waals surface area (Å²) in [5.41, 5.74) is 0. The average molecular weight is 300 g/mol. The molecular formula is C15H24O6. The van der Waals surface area contributed by atoms with Crippen LogP contribution in [-0.4, -0.2) is 55.5 Å². The van der Waals surface area contributed by atoms with Crippen molar-refractivity contribution in [2.45, 2.75) is 70.0 Å². The smallest absolute Gasteiger partial charge is 0.190 e. The van der Waals surface area contributed by atoms with Crippen molar-refractivity contribution in [3.05, 3.63) is 12.7 Å². The third kappa shape index (κ3) is 3.02. The lowest BCUT2D eigenvalue weighted by molar-refractivity contribution is -0.235. The normalized spacial score (nSPS) is 43.9. The van der Waals surface area contributed by atoms with Gasteiger partial charge in [0.2, 0.25) is 0 Å². The van der Waals surface area contributed by atoms with Crippen molar-refractivity contribution in [3.63, 3.8) is 0 Å². The summed E-state index contributed by atoms with van der Waals surface area (Å²) in [6, 6.07) is 0. The Morgan fingerprint density at radius 1 is 1.10 bits per heavy atom. The molecule has 3 heterocycles. The van der Waals surface area contributed by atoms with E-state index in [4.69, 9.17) is 28.4 Å². The van der Waals surface area contributed by atoms with Gasteiger partial charge >= 0.3 is 0 Å². The Labute approximate surface area is 125 Å². The van der Waals surface area contributed by atoms with Gasteiger partial charge in [-0.3, -0.25) is 0 Å². The SMILES string of the molecule is C=CCO[C@H]1[C@@H]2OC(C)(C)O[C@H]2O[C@@H]1C1COC(C)(C)O1. The van der Waals surface area contributed by atoms with E-state index in [-0.39, 0.29) is 24.4 Å². The molecule has 0 saturated carbocycles. The van der Waals surface area contributed by atoms with Crippen molar-refractivity contribution in [1.29, 1.82) is 0 Å². The summed E-state index contributed by atoms with van der Waals surface area (Å²) in [7, 11) is 0. The molecule has 3 aliphatic rings. The number of hydrogen-bond donors (Lipinski definition) is 0. The average Bonchev–Trinajstić information content (AvgIpc) is 2.96. The zero-order valence-electron chi connectivity index (χ0n) is 13.0. The molecule has 5 atom stereocenters. The number of rotatable bonds is 4. The molecule has 1 unspecified atom stereocenters. The quantitative estimate of drug-likeness (QED) is 0.735. The van der Waals surface area contributed by atoms with E-state index < -0.39 is 17.9 Å². The van der Waals surface area contributed by atoms with Gasteiger partial charge in [-0.25, -0.2) is 0 Å². The fourth-order valence-corrected chi connectivity index (χ4v) is 3.05. The first-order valence-corrected chi connectivity index (χ1v) is 7.37. The highest BCUT2D eigenvalue weighted by atomic mass is 16.8. The van der Waals surface area contributed by atoms with Crippen molar-refractivity contribution < 1.29 is 28.4 Å². The Hall–Kier alpha value is -0.500. The first-order chi connectivity index (χ1) is 9.81. The van der Waals surface area contributed by atoms with Crippen LogP contribution in [0.15, 0.2) is 12.7 Å². The maximum absolute atomic E-state index is 6.00. The molecule has 6 nitrogen and oxygen atoms in total. The summed E-state index contributed by atoms with van der Waals surface area (Å²) in [6.07, 6.45) is 0.261. The molecule has 0 aromatic heterocycles. The van der Waals surface area contributed by atoms with Crippen LogP contribution in [0.5, 0.6) is 0 Å². The van der Waals surface area contributed by atoms with Gasteiger partial charge < -0.3 is 28.4 Å². The number of ether oxygens (including phenoxy) is 6. The first-order valence-electron chi connectivity index (χ1n) is 7.37. The summed E-state index contributed by atoms with van der Waals surface area (Å²) < 4.78 is 35.1. The zero-order valence-corrected chi connectivity index (χ0v) is 13.0. The van der Waals surface area contributed by atoms with Crippen molar-refractivity contribution in [2.75, 3.05) is 13.2 Å². The summed E-state index contributed by atoms with van der Waals surface area (Å²) in [5.74, 6) is -1.27. The van der Waals surface area contributed by atoms with E-state index in [1.807, 2.05) is 27.7 Å². The molecule has 6 heteroatoms. The number of fused-ring (bicyclic) bond motifs is 1. The minimum atomic E-state index is -0.664. The topological polar surface area (TPSA) is 55.4 Å². The van der Waals surface area contributed by atoms with Gasteiger partial charge in [0.25, 0.3) is 0 Å². The summed E-state index contributed by atoms with van der Waals surface area (Å²) in [6.45, 7) is 12.1. The molecule has 3 fully saturated rings. The Balaban J connectivity index is 1.73. The Morgan fingerprint density at radius 2 is 1.86 bits per heavy atom. The molecule has 0 aliphatic carbocycles. The van der Waals surface area contributed by atoms with Crippen LogP contribution in [0.4, 0.5) is 0 Å². The van der Waals surface area contributed by atoms with Crippen LogP contribution in [0.2, 0.25) is 0 Å². The van der Waals surface area contributed by atoms with Gasteiger partial charge in [0.15, 0.2) is 17.9 Å². The standard InChI is InChI=1S/C15H24O6/c1-6-7-16-11-10(9-8-17-14(2,3)19-9)18-13-12(11)20-15(4,5)21-13/h6,9-13H,1,7-8H2,2-5H3/t9?,10-,11-,12+,13-/m1/s1. The molecule has 0 bridgehead atoms. The lowest BCUT2D eigenvalue weighted by Gasteiger charge is -2.28. The van der Waals surface area contributed by atoms with Crippen LogP contribution in [0.1, 0.15) is 27.7 Å². The fraction of sp³-hybridized carbons (Fsp3) is 0.867. The van der Waals surface area contributed by atoms with Gasteiger partial charge in [-0.1, -0.05) is 6.08 Å². The molecule has 3 saturated heterocycles. The highest BCUT2D eigenvalue weighted by molar-refractivity contribution is 4.99. The molecule has 0 spiro atoms.